The van der Waals surface area contributed by atoms with Gasteiger partial charge in [0.2, 0.25) is 5.91 Å². The Labute approximate surface area is 148 Å². The van der Waals surface area contributed by atoms with Crippen LogP contribution in [-0.4, -0.2) is 37.0 Å². The number of anilines is 1. The standard InChI is InChI=1S/C19H27N3O3/c1-13-19(24)22(16-9-5-6-10-17(16)25-13)12-18(23)21-15(11-20)14-7-3-2-4-8-14/h5-6,9-10,13-15H,2-4,7-8,11-12,20H2,1H3,(H,21,23). The van der Waals surface area contributed by atoms with Crippen molar-refractivity contribution in [3.63, 3.8) is 0 Å². The normalized spacial score (nSPS) is 22.1. The van der Waals surface area contributed by atoms with Crippen molar-refractivity contribution in [2.75, 3.05) is 18.0 Å². The molecule has 1 aliphatic carbocycles. The summed E-state index contributed by atoms with van der Waals surface area (Å²) in [7, 11) is 0. The van der Waals surface area contributed by atoms with E-state index in [2.05, 4.69) is 5.32 Å². The van der Waals surface area contributed by atoms with Crippen LogP contribution in [0, 0.1) is 5.92 Å². The molecular formula is C19H27N3O3. The first-order valence-electron chi connectivity index (χ1n) is 9.16. The van der Waals surface area contributed by atoms with Crippen LogP contribution in [-0.2, 0) is 9.59 Å². The van der Waals surface area contributed by atoms with Crippen molar-refractivity contribution in [3.05, 3.63) is 24.3 Å². The van der Waals surface area contributed by atoms with Gasteiger partial charge < -0.3 is 15.8 Å². The summed E-state index contributed by atoms with van der Waals surface area (Å²) < 4.78 is 5.61. The van der Waals surface area contributed by atoms with Gasteiger partial charge in [-0.15, -0.1) is 0 Å². The molecule has 3 N–H and O–H groups in total. The highest BCUT2D eigenvalue weighted by Crippen LogP contribution is 2.33. The summed E-state index contributed by atoms with van der Waals surface area (Å²) in [5, 5.41) is 3.05. The minimum absolute atomic E-state index is 0.00718. The summed E-state index contributed by atoms with van der Waals surface area (Å²) in [6.45, 7) is 2.13. The lowest BCUT2D eigenvalue weighted by molar-refractivity contribution is -0.128. The number of nitrogens with zero attached hydrogens (tertiary/aromatic N) is 1. The van der Waals surface area contributed by atoms with Gasteiger partial charge in [-0.25, -0.2) is 0 Å². The lowest BCUT2D eigenvalue weighted by atomic mass is 9.84. The highest BCUT2D eigenvalue weighted by molar-refractivity contribution is 6.03. The molecule has 2 amide bonds. The van der Waals surface area contributed by atoms with E-state index in [9.17, 15) is 9.59 Å². The number of fused-ring (bicyclic) bond motifs is 1. The van der Waals surface area contributed by atoms with Gasteiger partial charge in [-0.05, 0) is 37.8 Å². The smallest absolute Gasteiger partial charge is 0.268 e. The van der Waals surface area contributed by atoms with Gasteiger partial charge in [0.15, 0.2) is 6.10 Å². The van der Waals surface area contributed by atoms with Crippen LogP contribution in [0.15, 0.2) is 24.3 Å². The zero-order valence-corrected chi connectivity index (χ0v) is 14.7. The fourth-order valence-electron chi connectivity index (χ4n) is 3.82. The van der Waals surface area contributed by atoms with Crippen LogP contribution in [0.3, 0.4) is 0 Å². The highest BCUT2D eigenvalue weighted by Gasteiger charge is 2.33. The van der Waals surface area contributed by atoms with Crippen molar-refractivity contribution in [2.45, 2.75) is 51.2 Å². The van der Waals surface area contributed by atoms with Crippen LogP contribution in [0.5, 0.6) is 5.75 Å². The van der Waals surface area contributed by atoms with Crippen LogP contribution in [0.25, 0.3) is 0 Å². The molecule has 1 fully saturated rings. The van der Waals surface area contributed by atoms with E-state index in [-0.39, 0.29) is 24.4 Å². The average molecular weight is 345 g/mol. The van der Waals surface area contributed by atoms with Crippen LogP contribution >= 0.6 is 0 Å². The number of rotatable bonds is 5. The van der Waals surface area contributed by atoms with E-state index in [1.165, 1.54) is 24.2 Å². The number of amides is 2. The van der Waals surface area contributed by atoms with Gasteiger partial charge in [0.25, 0.3) is 5.91 Å². The number of carbonyl (C=O) groups excluding carboxylic acids is 2. The van der Waals surface area contributed by atoms with Crippen LogP contribution in [0.2, 0.25) is 0 Å². The summed E-state index contributed by atoms with van der Waals surface area (Å²) in [6, 6.07) is 7.28. The molecular weight excluding hydrogens is 318 g/mol. The molecule has 0 bridgehead atoms. The Balaban J connectivity index is 1.68. The molecule has 3 rings (SSSR count). The van der Waals surface area contributed by atoms with Crippen LogP contribution < -0.4 is 20.7 Å². The van der Waals surface area contributed by atoms with Gasteiger partial charge >= 0.3 is 0 Å². The fraction of sp³-hybridized carbons (Fsp3) is 0.579. The number of benzene rings is 1. The lowest BCUT2D eigenvalue weighted by Crippen LogP contribution is -2.52. The molecule has 6 heteroatoms. The Morgan fingerprint density at radius 1 is 1.32 bits per heavy atom. The van der Waals surface area contributed by atoms with Crippen molar-refractivity contribution < 1.29 is 14.3 Å². The predicted molar refractivity (Wildman–Crippen MR) is 96.4 cm³/mol. The Bertz CT molecular complexity index is 628. The van der Waals surface area contributed by atoms with Gasteiger partial charge in [0.05, 0.1) is 5.69 Å². The summed E-state index contributed by atoms with van der Waals surface area (Å²) in [5.41, 5.74) is 6.54. The lowest BCUT2D eigenvalue weighted by Gasteiger charge is -2.34. The number of nitrogens with two attached hydrogens (primary N) is 1. The van der Waals surface area contributed by atoms with Gasteiger partial charge in [0.1, 0.15) is 12.3 Å². The van der Waals surface area contributed by atoms with Gasteiger partial charge in [-0.2, -0.15) is 0 Å². The zero-order chi connectivity index (χ0) is 17.8. The molecule has 6 nitrogen and oxygen atoms in total. The molecule has 0 aromatic heterocycles. The van der Waals surface area contributed by atoms with Gasteiger partial charge in [0, 0.05) is 12.6 Å². The maximum absolute atomic E-state index is 12.6. The van der Waals surface area contributed by atoms with E-state index in [0.29, 0.717) is 23.9 Å². The second kappa shape index (κ2) is 7.87. The Hall–Kier alpha value is -2.08. The SMILES string of the molecule is CC1Oc2ccccc2N(CC(=O)NC(CN)C2CCCCC2)C1=O. The number of nitrogens with one attached hydrogen (secondary N) is 1. The topological polar surface area (TPSA) is 84.7 Å². The van der Waals surface area contributed by atoms with E-state index in [1.54, 1.807) is 13.0 Å². The van der Waals surface area contributed by atoms with Crippen molar-refractivity contribution >= 4 is 17.5 Å². The van der Waals surface area contributed by atoms with Crippen molar-refractivity contribution in [1.82, 2.24) is 5.32 Å². The zero-order valence-electron chi connectivity index (χ0n) is 14.7. The molecule has 25 heavy (non-hydrogen) atoms. The highest BCUT2D eigenvalue weighted by atomic mass is 16.5. The molecule has 1 aliphatic heterocycles. The largest absolute Gasteiger partial charge is 0.479 e. The third kappa shape index (κ3) is 3.95. The van der Waals surface area contributed by atoms with Crippen LogP contribution in [0.1, 0.15) is 39.0 Å². The van der Waals surface area contributed by atoms with E-state index >= 15 is 0 Å². The Kier molecular flexibility index (Phi) is 5.58. The minimum atomic E-state index is -0.591. The maximum Gasteiger partial charge on any atom is 0.268 e. The third-order valence-corrected chi connectivity index (χ3v) is 5.19. The summed E-state index contributed by atoms with van der Waals surface area (Å²) in [5.74, 6) is 0.702. The molecule has 1 heterocycles. The molecule has 0 radical (unpaired) electrons. The molecule has 2 atom stereocenters. The molecule has 136 valence electrons. The number of hydrogen-bond donors (Lipinski definition) is 2. The first-order valence-corrected chi connectivity index (χ1v) is 9.16. The van der Waals surface area contributed by atoms with Crippen LogP contribution in [0.4, 0.5) is 5.69 Å². The number of hydrogen-bond acceptors (Lipinski definition) is 4. The summed E-state index contributed by atoms with van der Waals surface area (Å²) >= 11 is 0. The Morgan fingerprint density at radius 2 is 2.04 bits per heavy atom. The molecule has 2 unspecified atom stereocenters. The first kappa shape index (κ1) is 17.7. The summed E-state index contributed by atoms with van der Waals surface area (Å²) in [4.78, 5) is 26.6. The molecule has 1 aromatic carbocycles. The van der Waals surface area contributed by atoms with Crippen molar-refractivity contribution in [3.8, 4) is 5.75 Å². The third-order valence-electron chi connectivity index (χ3n) is 5.19. The molecule has 2 aliphatic rings. The number of ether oxygens (including phenoxy) is 1. The average Bonchev–Trinajstić information content (AvgIpc) is 2.64. The van der Waals surface area contributed by atoms with E-state index < -0.39 is 6.10 Å². The fourth-order valence-corrected chi connectivity index (χ4v) is 3.82. The first-order chi connectivity index (χ1) is 12.1. The maximum atomic E-state index is 12.6. The number of para-hydroxylation sites is 2. The summed E-state index contributed by atoms with van der Waals surface area (Å²) in [6.07, 6.45) is 5.29. The van der Waals surface area contributed by atoms with Crippen molar-refractivity contribution in [2.24, 2.45) is 11.7 Å². The van der Waals surface area contributed by atoms with Crippen molar-refractivity contribution in [1.29, 1.82) is 0 Å². The molecule has 1 saturated carbocycles. The number of carbonyl (C=O) groups is 2. The molecule has 1 aromatic rings. The van der Waals surface area contributed by atoms with Gasteiger partial charge in [-0.3, -0.25) is 14.5 Å². The predicted octanol–water partition coefficient (Wildman–Crippen LogP) is 1.82. The second-order valence-corrected chi connectivity index (χ2v) is 6.96. The second-order valence-electron chi connectivity index (χ2n) is 6.96. The Morgan fingerprint density at radius 3 is 2.76 bits per heavy atom. The monoisotopic (exact) mass is 345 g/mol. The van der Waals surface area contributed by atoms with E-state index in [0.717, 1.165) is 12.8 Å². The van der Waals surface area contributed by atoms with E-state index in [4.69, 9.17) is 10.5 Å². The quantitative estimate of drug-likeness (QED) is 0.852. The van der Waals surface area contributed by atoms with Gasteiger partial charge in [-0.1, -0.05) is 31.4 Å². The van der Waals surface area contributed by atoms with E-state index in [1.807, 2.05) is 18.2 Å². The minimum Gasteiger partial charge on any atom is -0.479 e. The molecule has 0 spiro atoms. The molecule has 0 saturated heterocycles.